The maximum Gasteiger partial charge on any atom is 0.228 e. The Kier molecular flexibility index (Phi) is 6.01. The third-order valence-corrected chi connectivity index (χ3v) is 6.06. The van der Waals surface area contributed by atoms with Crippen molar-refractivity contribution in [3.8, 4) is 6.07 Å². The van der Waals surface area contributed by atoms with E-state index in [-0.39, 0.29) is 24.3 Å². The van der Waals surface area contributed by atoms with Gasteiger partial charge in [-0.05, 0) is 41.3 Å². The summed E-state index contributed by atoms with van der Waals surface area (Å²) in [7, 11) is 1.75. The Morgan fingerprint density at radius 2 is 2.19 bits per heavy atom. The quantitative estimate of drug-likeness (QED) is 0.780. The van der Waals surface area contributed by atoms with Crippen molar-refractivity contribution in [1.82, 2.24) is 9.80 Å². The molecule has 0 aliphatic carbocycles. The lowest BCUT2D eigenvalue weighted by molar-refractivity contribution is -0.131. The molecule has 160 valence electrons. The molecule has 6 nitrogen and oxygen atoms in total. The molecule has 0 radical (unpaired) electrons. The minimum Gasteiger partial charge on any atom is -0.337 e. The molecule has 31 heavy (non-hydrogen) atoms. The third-order valence-electron chi connectivity index (χ3n) is 6.06. The number of rotatable bonds is 6. The van der Waals surface area contributed by atoms with Crippen LogP contribution in [0.1, 0.15) is 34.7 Å². The summed E-state index contributed by atoms with van der Waals surface area (Å²) >= 11 is 0. The number of carbonyl (C=O) groups excluding carboxylic acids is 2. The zero-order chi connectivity index (χ0) is 22.0. The second-order valence-corrected chi connectivity index (χ2v) is 8.30. The molecular weight excluding hydrogens is 395 g/mol. The molecule has 1 fully saturated rings. The first kappa shape index (κ1) is 21.0. The second kappa shape index (κ2) is 8.86. The van der Waals surface area contributed by atoms with Gasteiger partial charge in [0.2, 0.25) is 11.8 Å². The van der Waals surface area contributed by atoms with Gasteiger partial charge in [-0.2, -0.15) is 5.26 Å². The van der Waals surface area contributed by atoms with Crippen LogP contribution in [0.4, 0.5) is 10.1 Å². The van der Waals surface area contributed by atoms with Crippen molar-refractivity contribution < 1.29 is 14.0 Å². The van der Waals surface area contributed by atoms with E-state index < -0.39 is 6.17 Å². The van der Waals surface area contributed by atoms with E-state index in [1.165, 1.54) is 0 Å². The number of carbonyl (C=O) groups is 2. The highest BCUT2D eigenvalue weighted by Crippen LogP contribution is 2.27. The molecular formula is C24H25FN4O2. The Morgan fingerprint density at radius 1 is 1.35 bits per heavy atom. The molecule has 0 aromatic heterocycles. The minimum absolute atomic E-state index is 0.0372. The molecule has 2 aliphatic rings. The van der Waals surface area contributed by atoms with Gasteiger partial charge in [-0.25, -0.2) is 4.39 Å². The Bertz CT molecular complexity index is 1050. The number of benzene rings is 2. The van der Waals surface area contributed by atoms with Crippen LogP contribution in [0.2, 0.25) is 0 Å². The Morgan fingerprint density at radius 3 is 2.94 bits per heavy atom. The van der Waals surface area contributed by atoms with Crippen LogP contribution in [0.15, 0.2) is 42.5 Å². The van der Waals surface area contributed by atoms with Crippen LogP contribution >= 0.6 is 0 Å². The molecule has 0 unspecified atom stereocenters. The number of fused-ring (bicyclic) bond motifs is 1. The van der Waals surface area contributed by atoms with Crippen molar-refractivity contribution in [1.29, 1.82) is 5.26 Å². The van der Waals surface area contributed by atoms with E-state index in [1.54, 1.807) is 24.1 Å². The summed E-state index contributed by atoms with van der Waals surface area (Å²) in [4.78, 5) is 28.5. The van der Waals surface area contributed by atoms with E-state index in [9.17, 15) is 19.2 Å². The fourth-order valence-electron chi connectivity index (χ4n) is 4.31. The monoisotopic (exact) mass is 420 g/mol. The van der Waals surface area contributed by atoms with E-state index >= 15 is 0 Å². The molecule has 2 aliphatic heterocycles. The Balaban J connectivity index is 1.53. The molecule has 0 saturated carbocycles. The summed E-state index contributed by atoms with van der Waals surface area (Å²) in [5.41, 5.74) is 3.92. The summed E-state index contributed by atoms with van der Waals surface area (Å²) < 4.78 is 13.7. The van der Waals surface area contributed by atoms with Crippen LogP contribution in [-0.2, 0) is 22.4 Å². The number of nitriles is 1. The molecule has 2 atom stereocenters. The normalized spacial score (nSPS) is 18.9. The van der Waals surface area contributed by atoms with Crippen molar-refractivity contribution >= 4 is 17.5 Å². The van der Waals surface area contributed by atoms with Gasteiger partial charge in [0.05, 0.1) is 30.5 Å². The third kappa shape index (κ3) is 4.75. The van der Waals surface area contributed by atoms with Crippen molar-refractivity contribution in [2.24, 2.45) is 0 Å². The van der Waals surface area contributed by atoms with Crippen molar-refractivity contribution in [3.05, 3.63) is 64.7 Å². The Labute approximate surface area is 181 Å². The van der Waals surface area contributed by atoms with Crippen molar-refractivity contribution in [2.75, 3.05) is 32.0 Å². The summed E-state index contributed by atoms with van der Waals surface area (Å²) in [6.45, 7) is 1.53. The van der Waals surface area contributed by atoms with Crippen molar-refractivity contribution in [2.45, 2.75) is 31.5 Å². The smallest absolute Gasteiger partial charge is 0.228 e. The molecule has 1 N–H and O–H groups in total. The van der Waals surface area contributed by atoms with Crippen LogP contribution in [0.5, 0.6) is 0 Å². The molecule has 4 rings (SSSR count). The first-order chi connectivity index (χ1) is 14.9. The average molecular weight is 420 g/mol. The predicted molar refractivity (Wildman–Crippen MR) is 115 cm³/mol. The summed E-state index contributed by atoms with van der Waals surface area (Å²) in [6, 6.07) is 14.7. The lowest BCUT2D eigenvalue weighted by atomic mass is 10.0. The topological polar surface area (TPSA) is 76.4 Å². The van der Waals surface area contributed by atoms with Gasteiger partial charge in [0.1, 0.15) is 6.17 Å². The standard InChI is InChI=1S/C24H25FN4O2/c1-28(24(31)11-16-5-6-18-12-23(30)27-21(18)10-16)22(15-29-8-7-20(25)14-29)19-4-2-3-17(9-19)13-26/h2-6,9-10,20,22H,7-8,11-12,14-15H2,1H3,(H,27,30)/t20-,22+/m0/s1. The number of amides is 2. The molecule has 0 spiro atoms. The van der Waals surface area contributed by atoms with Crippen LogP contribution in [0.25, 0.3) is 0 Å². The molecule has 7 heteroatoms. The number of hydrogen-bond acceptors (Lipinski definition) is 4. The number of alkyl halides is 1. The number of likely N-dealkylation sites (N-methyl/N-ethyl adjacent to an activating group) is 1. The molecule has 1 saturated heterocycles. The Hall–Kier alpha value is -3.24. The minimum atomic E-state index is -0.839. The summed E-state index contributed by atoms with van der Waals surface area (Å²) in [5, 5.41) is 12.1. The second-order valence-electron chi connectivity index (χ2n) is 8.30. The number of nitrogens with one attached hydrogen (secondary N) is 1. The SMILES string of the molecule is CN(C(=O)Cc1ccc2c(c1)NC(=O)C2)[C@H](CN1CC[C@H](F)C1)c1cccc(C#N)c1. The number of hydrogen-bond donors (Lipinski definition) is 1. The van der Waals surface area contributed by atoms with Gasteiger partial charge < -0.3 is 10.2 Å². The van der Waals surface area contributed by atoms with E-state index in [2.05, 4.69) is 11.4 Å². The number of halogens is 1. The molecule has 0 bridgehead atoms. The maximum absolute atomic E-state index is 13.7. The number of likely N-dealkylation sites (tertiary alicyclic amines) is 1. The first-order valence-corrected chi connectivity index (χ1v) is 10.5. The lowest BCUT2D eigenvalue weighted by Crippen LogP contribution is -2.39. The predicted octanol–water partition coefficient (Wildman–Crippen LogP) is 2.84. The van der Waals surface area contributed by atoms with Gasteiger partial charge in [-0.1, -0.05) is 24.3 Å². The van der Waals surface area contributed by atoms with Gasteiger partial charge in [0.25, 0.3) is 0 Å². The van der Waals surface area contributed by atoms with Gasteiger partial charge in [-0.3, -0.25) is 14.5 Å². The molecule has 2 amide bonds. The highest BCUT2D eigenvalue weighted by molar-refractivity contribution is 5.99. The number of nitrogens with zero attached hydrogens (tertiary/aromatic N) is 3. The average Bonchev–Trinajstić information content (AvgIpc) is 3.35. The first-order valence-electron chi connectivity index (χ1n) is 10.5. The largest absolute Gasteiger partial charge is 0.337 e. The summed E-state index contributed by atoms with van der Waals surface area (Å²) in [6.07, 6.45) is 0.226. The zero-order valence-corrected chi connectivity index (χ0v) is 17.5. The van der Waals surface area contributed by atoms with Crippen LogP contribution < -0.4 is 5.32 Å². The van der Waals surface area contributed by atoms with Crippen LogP contribution in [-0.4, -0.2) is 54.5 Å². The highest BCUT2D eigenvalue weighted by atomic mass is 19.1. The van der Waals surface area contributed by atoms with Gasteiger partial charge in [0.15, 0.2) is 0 Å². The van der Waals surface area contributed by atoms with Gasteiger partial charge >= 0.3 is 0 Å². The lowest BCUT2D eigenvalue weighted by Gasteiger charge is -2.32. The van der Waals surface area contributed by atoms with E-state index in [0.717, 1.165) is 22.4 Å². The fourth-order valence-corrected chi connectivity index (χ4v) is 4.31. The van der Waals surface area contributed by atoms with Gasteiger partial charge in [0, 0.05) is 32.4 Å². The maximum atomic E-state index is 13.7. The summed E-state index contributed by atoms with van der Waals surface area (Å²) in [5.74, 6) is -0.113. The van der Waals surface area contributed by atoms with Gasteiger partial charge in [-0.15, -0.1) is 0 Å². The van der Waals surface area contributed by atoms with E-state index in [4.69, 9.17) is 0 Å². The number of anilines is 1. The van der Waals surface area contributed by atoms with E-state index in [1.807, 2.05) is 35.2 Å². The van der Waals surface area contributed by atoms with E-state index in [0.29, 0.717) is 38.0 Å². The molecule has 2 aromatic carbocycles. The van der Waals surface area contributed by atoms with Crippen LogP contribution in [0, 0.1) is 11.3 Å². The zero-order valence-electron chi connectivity index (χ0n) is 17.5. The highest BCUT2D eigenvalue weighted by Gasteiger charge is 2.29. The van der Waals surface area contributed by atoms with Crippen LogP contribution in [0.3, 0.4) is 0 Å². The molecule has 2 aromatic rings. The fraction of sp³-hybridized carbons (Fsp3) is 0.375. The van der Waals surface area contributed by atoms with Crippen molar-refractivity contribution in [3.63, 3.8) is 0 Å². The molecule has 2 heterocycles.